The number of aryl methyl sites for hydroxylation is 2. The standard InChI is InChI=1S/C24H23N5O3/c1-28-15-19(14-25-28)17-7-5-8-18(13-17)23(32)27-24-26-20(9-6-12-22(30)31)16-29(24)21-10-3-2-4-11-21/h2-5,7-8,10-11,13-16H,6,9,12H2,1H3,(H,30,31)(H,26,27,32). The lowest BCUT2D eigenvalue weighted by Gasteiger charge is -2.09. The van der Waals surface area contributed by atoms with Crippen molar-refractivity contribution in [3.8, 4) is 16.8 Å². The lowest BCUT2D eigenvalue weighted by Crippen LogP contribution is -2.15. The van der Waals surface area contributed by atoms with Crippen LogP contribution < -0.4 is 5.32 Å². The number of imidazole rings is 1. The van der Waals surface area contributed by atoms with Gasteiger partial charge in [-0.1, -0.05) is 30.3 Å². The van der Waals surface area contributed by atoms with Gasteiger partial charge in [0.1, 0.15) is 0 Å². The number of anilines is 1. The van der Waals surface area contributed by atoms with Gasteiger partial charge in [-0.2, -0.15) is 5.10 Å². The van der Waals surface area contributed by atoms with Crippen LogP contribution in [0.3, 0.4) is 0 Å². The van der Waals surface area contributed by atoms with Crippen LogP contribution in [0.4, 0.5) is 5.95 Å². The number of carbonyl (C=O) groups excluding carboxylic acids is 1. The summed E-state index contributed by atoms with van der Waals surface area (Å²) in [6.07, 6.45) is 6.53. The number of nitrogens with zero attached hydrogens (tertiary/aromatic N) is 4. The third kappa shape index (κ3) is 4.92. The molecule has 162 valence electrons. The first-order chi connectivity index (χ1) is 15.5. The SMILES string of the molecule is Cn1cc(-c2cccc(C(=O)Nc3nc(CCCC(=O)O)cn3-c3ccccc3)c2)cn1. The van der Waals surface area contributed by atoms with Gasteiger partial charge in [0, 0.05) is 42.7 Å². The lowest BCUT2D eigenvalue weighted by atomic mass is 10.1. The summed E-state index contributed by atoms with van der Waals surface area (Å²) in [4.78, 5) is 28.4. The summed E-state index contributed by atoms with van der Waals surface area (Å²) in [6.45, 7) is 0. The predicted molar refractivity (Wildman–Crippen MR) is 121 cm³/mol. The van der Waals surface area contributed by atoms with Gasteiger partial charge in [-0.15, -0.1) is 0 Å². The Balaban J connectivity index is 1.59. The number of hydrogen-bond acceptors (Lipinski definition) is 4. The van der Waals surface area contributed by atoms with E-state index in [1.807, 2.05) is 68.0 Å². The number of rotatable bonds is 8. The van der Waals surface area contributed by atoms with E-state index in [-0.39, 0.29) is 12.3 Å². The number of benzene rings is 2. The Kier molecular flexibility index (Phi) is 6.12. The molecule has 0 unspecified atom stereocenters. The first-order valence-corrected chi connectivity index (χ1v) is 10.3. The molecule has 2 aromatic carbocycles. The molecule has 0 aliphatic carbocycles. The number of carboxylic acid groups (broad SMARTS) is 1. The third-order valence-corrected chi connectivity index (χ3v) is 5.00. The predicted octanol–water partition coefficient (Wildman–Crippen LogP) is 3.93. The van der Waals surface area contributed by atoms with Crippen LogP contribution in [-0.4, -0.2) is 36.3 Å². The molecule has 1 amide bonds. The van der Waals surface area contributed by atoms with Gasteiger partial charge in [0.25, 0.3) is 5.91 Å². The van der Waals surface area contributed by atoms with Crippen LogP contribution in [0.2, 0.25) is 0 Å². The van der Waals surface area contributed by atoms with E-state index >= 15 is 0 Å². The molecule has 0 radical (unpaired) electrons. The fourth-order valence-electron chi connectivity index (χ4n) is 3.43. The normalized spacial score (nSPS) is 10.8. The number of amides is 1. The van der Waals surface area contributed by atoms with Gasteiger partial charge in [-0.25, -0.2) is 4.98 Å². The largest absolute Gasteiger partial charge is 0.481 e. The smallest absolute Gasteiger partial charge is 0.303 e. The van der Waals surface area contributed by atoms with Gasteiger partial charge >= 0.3 is 5.97 Å². The van der Waals surface area contributed by atoms with Gasteiger partial charge in [0.15, 0.2) is 0 Å². The van der Waals surface area contributed by atoms with E-state index in [1.54, 1.807) is 21.5 Å². The number of nitrogens with one attached hydrogen (secondary N) is 1. The molecule has 8 nitrogen and oxygen atoms in total. The zero-order valence-corrected chi connectivity index (χ0v) is 17.6. The van der Waals surface area contributed by atoms with Crippen molar-refractivity contribution >= 4 is 17.8 Å². The van der Waals surface area contributed by atoms with Crippen molar-refractivity contribution in [1.82, 2.24) is 19.3 Å². The molecule has 0 fully saturated rings. The number of carbonyl (C=O) groups is 2. The Hall–Kier alpha value is -4.20. The van der Waals surface area contributed by atoms with E-state index in [4.69, 9.17) is 5.11 Å². The number of hydrogen-bond donors (Lipinski definition) is 2. The second-order valence-electron chi connectivity index (χ2n) is 7.45. The third-order valence-electron chi connectivity index (χ3n) is 5.00. The summed E-state index contributed by atoms with van der Waals surface area (Å²) in [6, 6.07) is 16.9. The highest BCUT2D eigenvalue weighted by Crippen LogP contribution is 2.22. The zero-order chi connectivity index (χ0) is 22.5. The maximum Gasteiger partial charge on any atom is 0.303 e. The van der Waals surface area contributed by atoms with E-state index in [0.29, 0.717) is 24.4 Å². The van der Waals surface area contributed by atoms with E-state index in [1.165, 1.54) is 0 Å². The van der Waals surface area contributed by atoms with Crippen LogP contribution in [0.25, 0.3) is 16.8 Å². The fourth-order valence-corrected chi connectivity index (χ4v) is 3.43. The highest BCUT2D eigenvalue weighted by Gasteiger charge is 2.15. The van der Waals surface area contributed by atoms with Crippen molar-refractivity contribution in [3.05, 3.63) is 84.4 Å². The van der Waals surface area contributed by atoms with Crippen molar-refractivity contribution in [2.45, 2.75) is 19.3 Å². The van der Waals surface area contributed by atoms with E-state index in [2.05, 4.69) is 15.4 Å². The highest BCUT2D eigenvalue weighted by atomic mass is 16.4. The number of carboxylic acids is 1. The average Bonchev–Trinajstić information content (AvgIpc) is 3.40. The Morgan fingerprint density at radius 1 is 1.03 bits per heavy atom. The molecule has 4 rings (SSSR count). The highest BCUT2D eigenvalue weighted by molar-refractivity contribution is 6.04. The van der Waals surface area contributed by atoms with Crippen LogP contribution in [0.1, 0.15) is 28.9 Å². The molecule has 0 saturated carbocycles. The Labute approximate surface area is 185 Å². The molecule has 32 heavy (non-hydrogen) atoms. The number of aromatic nitrogens is 4. The van der Waals surface area contributed by atoms with Crippen LogP contribution in [-0.2, 0) is 18.3 Å². The van der Waals surface area contributed by atoms with Gasteiger partial charge in [-0.3, -0.25) is 24.2 Å². The molecule has 8 heteroatoms. The van der Waals surface area contributed by atoms with E-state index in [9.17, 15) is 9.59 Å². The lowest BCUT2D eigenvalue weighted by molar-refractivity contribution is -0.137. The quantitative estimate of drug-likeness (QED) is 0.442. The van der Waals surface area contributed by atoms with Gasteiger partial charge in [0.05, 0.1) is 11.9 Å². The molecule has 2 aromatic heterocycles. The molecule has 0 aliphatic heterocycles. The monoisotopic (exact) mass is 429 g/mol. The molecule has 0 atom stereocenters. The van der Waals surface area contributed by atoms with Crippen LogP contribution in [0.5, 0.6) is 0 Å². The van der Waals surface area contributed by atoms with Crippen molar-refractivity contribution in [2.75, 3.05) is 5.32 Å². The molecular formula is C24H23N5O3. The summed E-state index contributed by atoms with van der Waals surface area (Å²) in [5.74, 6) is -0.733. The molecule has 2 heterocycles. The Morgan fingerprint density at radius 2 is 1.84 bits per heavy atom. The van der Waals surface area contributed by atoms with Crippen molar-refractivity contribution in [2.24, 2.45) is 7.05 Å². The van der Waals surface area contributed by atoms with Crippen LogP contribution >= 0.6 is 0 Å². The first kappa shape index (κ1) is 21.0. The second-order valence-corrected chi connectivity index (χ2v) is 7.45. The Morgan fingerprint density at radius 3 is 2.56 bits per heavy atom. The second kappa shape index (κ2) is 9.30. The fraction of sp³-hybridized carbons (Fsp3) is 0.167. The summed E-state index contributed by atoms with van der Waals surface area (Å²) < 4.78 is 3.52. The molecule has 0 saturated heterocycles. The minimum absolute atomic E-state index is 0.0705. The van der Waals surface area contributed by atoms with E-state index in [0.717, 1.165) is 22.5 Å². The summed E-state index contributed by atoms with van der Waals surface area (Å²) in [7, 11) is 1.84. The Bertz CT molecular complexity index is 1240. The summed E-state index contributed by atoms with van der Waals surface area (Å²) in [5, 5.41) is 16.0. The molecule has 2 N–H and O–H groups in total. The number of aliphatic carboxylic acids is 1. The zero-order valence-electron chi connectivity index (χ0n) is 17.6. The van der Waals surface area contributed by atoms with Crippen molar-refractivity contribution < 1.29 is 14.7 Å². The number of para-hydroxylation sites is 1. The summed E-state index contributed by atoms with van der Waals surface area (Å²) in [5.41, 5.74) is 3.89. The van der Waals surface area contributed by atoms with Gasteiger partial charge in [0.2, 0.25) is 5.95 Å². The van der Waals surface area contributed by atoms with Crippen LogP contribution in [0.15, 0.2) is 73.2 Å². The minimum Gasteiger partial charge on any atom is -0.481 e. The maximum absolute atomic E-state index is 13.0. The average molecular weight is 429 g/mol. The van der Waals surface area contributed by atoms with Crippen LogP contribution in [0, 0.1) is 0 Å². The van der Waals surface area contributed by atoms with Gasteiger partial charge in [-0.05, 0) is 42.7 Å². The first-order valence-electron chi connectivity index (χ1n) is 10.3. The van der Waals surface area contributed by atoms with Crippen molar-refractivity contribution in [1.29, 1.82) is 0 Å². The maximum atomic E-state index is 13.0. The molecule has 4 aromatic rings. The summed E-state index contributed by atoms with van der Waals surface area (Å²) >= 11 is 0. The van der Waals surface area contributed by atoms with E-state index < -0.39 is 5.97 Å². The molecule has 0 spiro atoms. The molecule has 0 aliphatic rings. The minimum atomic E-state index is -0.838. The topological polar surface area (TPSA) is 102 Å². The van der Waals surface area contributed by atoms with Gasteiger partial charge < -0.3 is 5.11 Å². The molecule has 0 bridgehead atoms. The van der Waals surface area contributed by atoms with Crippen molar-refractivity contribution in [3.63, 3.8) is 0 Å². The molecular weight excluding hydrogens is 406 g/mol.